The van der Waals surface area contributed by atoms with E-state index in [0.29, 0.717) is 17.1 Å². The van der Waals surface area contributed by atoms with Gasteiger partial charge in [-0.1, -0.05) is 41.9 Å². The number of rotatable bonds is 4. The molecule has 0 amide bonds. The highest BCUT2D eigenvalue weighted by atomic mass is 35.5. The van der Waals surface area contributed by atoms with Crippen molar-refractivity contribution in [1.29, 1.82) is 0 Å². The first-order valence-electron chi connectivity index (χ1n) is 6.31. The molecule has 0 fully saturated rings. The molecular weight excluding hydrogens is 261 g/mol. The lowest BCUT2D eigenvalue weighted by atomic mass is 10.0. The van der Waals surface area contributed by atoms with Crippen molar-refractivity contribution in [2.75, 3.05) is 0 Å². The van der Waals surface area contributed by atoms with Gasteiger partial charge in [-0.25, -0.2) is 4.39 Å². The largest absolute Gasteiger partial charge is 0.306 e. The minimum Gasteiger partial charge on any atom is -0.306 e. The Kier molecular flexibility index (Phi) is 4.56. The summed E-state index contributed by atoms with van der Waals surface area (Å²) >= 11 is 5.74. The average Bonchev–Trinajstić information content (AvgIpc) is 2.38. The Bertz CT molecular complexity index is 568. The van der Waals surface area contributed by atoms with Gasteiger partial charge in [0.1, 0.15) is 5.82 Å². The highest BCUT2D eigenvalue weighted by molar-refractivity contribution is 6.30. The third-order valence-electron chi connectivity index (χ3n) is 3.27. The fourth-order valence-electron chi connectivity index (χ4n) is 2.11. The van der Waals surface area contributed by atoms with E-state index < -0.39 is 0 Å². The summed E-state index contributed by atoms with van der Waals surface area (Å²) in [6.45, 7) is 4.64. The van der Waals surface area contributed by atoms with Crippen LogP contribution in [-0.4, -0.2) is 0 Å². The molecule has 1 atom stereocenters. The number of benzene rings is 2. The van der Waals surface area contributed by atoms with Gasteiger partial charge in [0.15, 0.2) is 0 Å². The van der Waals surface area contributed by atoms with Crippen molar-refractivity contribution >= 4 is 11.6 Å². The van der Waals surface area contributed by atoms with Gasteiger partial charge >= 0.3 is 0 Å². The topological polar surface area (TPSA) is 12.0 Å². The van der Waals surface area contributed by atoms with E-state index in [-0.39, 0.29) is 11.9 Å². The van der Waals surface area contributed by atoms with Gasteiger partial charge in [0.25, 0.3) is 0 Å². The lowest BCUT2D eigenvalue weighted by molar-refractivity contribution is 0.543. The summed E-state index contributed by atoms with van der Waals surface area (Å²) in [4.78, 5) is 0. The Hall–Kier alpha value is -1.38. The summed E-state index contributed by atoms with van der Waals surface area (Å²) in [5.74, 6) is -0.267. The Balaban J connectivity index is 2.04. The molecule has 0 saturated heterocycles. The van der Waals surface area contributed by atoms with Gasteiger partial charge in [0, 0.05) is 23.2 Å². The van der Waals surface area contributed by atoms with Gasteiger partial charge in [0.05, 0.1) is 0 Å². The molecule has 0 bridgehead atoms. The molecule has 0 aliphatic carbocycles. The maximum atomic E-state index is 13.7. The molecule has 19 heavy (non-hydrogen) atoms. The second kappa shape index (κ2) is 6.18. The van der Waals surface area contributed by atoms with E-state index in [1.807, 2.05) is 12.1 Å². The third kappa shape index (κ3) is 3.55. The molecule has 0 aliphatic rings. The number of hydrogen-bond acceptors (Lipinski definition) is 1. The van der Waals surface area contributed by atoms with Crippen LogP contribution in [0.1, 0.15) is 29.7 Å². The Morgan fingerprint density at radius 2 is 1.95 bits per heavy atom. The number of aryl methyl sites for hydroxylation is 1. The normalized spacial score (nSPS) is 12.4. The van der Waals surface area contributed by atoms with Crippen LogP contribution >= 0.6 is 11.6 Å². The van der Waals surface area contributed by atoms with Crippen molar-refractivity contribution in [3.63, 3.8) is 0 Å². The van der Waals surface area contributed by atoms with Crippen LogP contribution in [-0.2, 0) is 6.54 Å². The van der Waals surface area contributed by atoms with Crippen molar-refractivity contribution in [2.24, 2.45) is 0 Å². The van der Waals surface area contributed by atoms with E-state index in [1.54, 1.807) is 12.1 Å². The zero-order chi connectivity index (χ0) is 13.8. The predicted molar refractivity (Wildman–Crippen MR) is 77.8 cm³/mol. The van der Waals surface area contributed by atoms with E-state index in [2.05, 4.69) is 31.3 Å². The SMILES string of the molecule is Cc1ccccc1C(C)NCc1ccc(Cl)cc1F. The van der Waals surface area contributed by atoms with Gasteiger partial charge in [-0.2, -0.15) is 0 Å². The quantitative estimate of drug-likeness (QED) is 0.858. The Morgan fingerprint density at radius 3 is 2.63 bits per heavy atom. The van der Waals surface area contributed by atoms with Gasteiger partial charge in [-0.05, 0) is 37.1 Å². The monoisotopic (exact) mass is 277 g/mol. The van der Waals surface area contributed by atoms with Gasteiger partial charge in [-0.15, -0.1) is 0 Å². The molecular formula is C16H17ClFN. The summed E-state index contributed by atoms with van der Waals surface area (Å²) in [7, 11) is 0. The van der Waals surface area contributed by atoms with E-state index in [9.17, 15) is 4.39 Å². The molecule has 0 heterocycles. The van der Waals surface area contributed by atoms with Crippen LogP contribution in [0, 0.1) is 12.7 Å². The molecule has 1 nitrogen and oxygen atoms in total. The molecule has 0 saturated carbocycles. The van der Waals surface area contributed by atoms with Crippen LogP contribution in [0.2, 0.25) is 5.02 Å². The van der Waals surface area contributed by atoms with Crippen molar-refractivity contribution < 1.29 is 4.39 Å². The molecule has 0 radical (unpaired) electrons. The lowest BCUT2D eigenvalue weighted by Gasteiger charge is -2.16. The summed E-state index contributed by atoms with van der Waals surface area (Å²) in [5, 5.41) is 3.76. The van der Waals surface area contributed by atoms with E-state index in [4.69, 9.17) is 11.6 Å². The summed E-state index contributed by atoms with van der Waals surface area (Å²) in [5.41, 5.74) is 3.10. The highest BCUT2D eigenvalue weighted by Crippen LogP contribution is 2.19. The van der Waals surface area contributed by atoms with Crippen LogP contribution in [0.25, 0.3) is 0 Å². The van der Waals surface area contributed by atoms with Crippen LogP contribution in [0.15, 0.2) is 42.5 Å². The van der Waals surface area contributed by atoms with Crippen LogP contribution < -0.4 is 5.32 Å². The molecule has 0 aliphatic heterocycles. The van der Waals surface area contributed by atoms with Crippen LogP contribution in [0.4, 0.5) is 4.39 Å². The van der Waals surface area contributed by atoms with Gasteiger partial charge < -0.3 is 5.32 Å². The molecule has 1 unspecified atom stereocenters. The maximum absolute atomic E-state index is 13.7. The fourth-order valence-corrected chi connectivity index (χ4v) is 2.27. The minimum absolute atomic E-state index is 0.177. The first kappa shape index (κ1) is 14.0. The number of nitrogens with one attached hydrogen (secondary N) is 1. The van der Waals surface area contributed by atoms with E-state index in [1.165, 1.54) is 17.2 Å². The average molecular weight is 278 g/mol. The van der Waals surface area contributed by atoms with E-state index >= 15 is 0 Å². The molecule has 2 aromatic rings. The van der Waals surface area contributed by atoms with Crippen LogP contribution in [0.5, 0.6) is 0 Å². The van der Waals surface area contributed by atoms with E-state index in [0.717, 1.165) is 0 Å². The first-order chi connectivity index (χ1) is 9.08. The molecule has 2 rings (SSSR count). The van der Waals surface area contributed by atoms with Crippen LogP contribution in [0.3, 0.4) is 0 Å². The molecule has 0 aromatic heterocycles. The minimum atomic E-state index is -0.267. The molecule has 0 spiro atoms. The Labute approximate surface area is 118 Å². The zero-order valence-electron chi connectivity index (χ0n) is 11.1. The summed E-state index contributed by atoms with van der Waals surface area (Å²) in [6.07, 6.45) is 0. The zero-order valence-corrected chi connectivity index (χ0v) is 11.8. The lowest BCUT2D eigenvalue weighted by Crippen LogP contribution is -2.19. The number of hydrogen-bond donors (Lipinski definition) is 1. The third-order valence-corrected chi connectivity index (χ3v) is 3.50. The smallest absolute Gasteiger partial charge is 0.129 e. The highest BCUT2D eigenvalue weighted by Gasteiger charge is 2.09. The van der Waals surface area contributed by atoms with Crippen molar-refractivity contribution in [3.8, 4) is 0 Å². The number of halogens is 2. The summed E-state index contributed by atoms with van der Waals surface area (Å²) in [6, 6.07) is 13.2. The standard InChI is InChI=1S/C16H17ClFN/c1-11-5-3-4-6-15(11)12(2)19-10-13-7-8-14(17)9-16(13)18/h3-9,12,19H,10H2,1-2H3. The van der Waals surface area contributed by atoms with Crippen molar-refractivity contribution in [2.45, 2.75) is 26.4 Å². The second-order valence-electron chi connectivity index (χ2n) is 4.69. The first-order valence-corrected chi connectivity index (χ1v) is 6.68. The fraction of sp³-hybridized carbons (Fsp3) is 0.250. The molecule has 3 heteroatoms. The molecule has 100 valence electrons. The summed E-state index contributed by atoms with van der Waals surface area (Å²) < 4.78 is 13.7. The molecule has 2 aromatic carbocycles. The predicted octanol–water partition coefficient (Wildman–Crippen LogP) is 4.64. The Morgan fingerprint density at radius 1 is 1.21 bits per heavy atom. The molecule has 1 N–H and O–H groups in total. The van der Waals surface area contributed by atoms with Crippen molar-refractivity contribution in [1.82, 2.24) is 5.32 Å². The van der Waals surface area contributed by atoms with Gasteiger partial charge in [-0.3, -0.25) is 0 Å². The van der Waals surface area contributed by atoms with Gasteiger partial charge in [0.2, 0.25) is 0 Å². The second-order valence-corrected chi connectivity index (χ2v) is 5.13. The maximum Gasteiger partial charge on any atom is 0.129 e. The van der Waals surface area contributed by atoms with Crippen molar-refractivity contribution in [3.05, 3.63) is 70.0 Å².